The fourth-order valence-corrected chi connectivity index (χ4v) is 4.29. The Morgan fingerprint density at radius 3 is 2.27 bits per heavy atom. The second-order valence-electron chi connectivity index (χ2n) is 7.57. The number of nitrogens with zero attached hydrogens (tertiary/aromatic N) is 2. The van der Waals surface area contributed by atoms with Gasteiger partial charge in [-0.25, -0.2) is 9.96 Å². The van der Waals surface area contributed by atoms with Crippen molar-refractivity contribution in [2.45, 2.75) is 19.1 Å². The first-order chi connectivity index (χ1) is 14.6. The molecule has 3 aromatic carbocycles. The van der Waals surface area contributed by atoms with E-state index < -0.39 is 24.0 Å². The summed E-state index contributed by atoms with van der Waals surface area (Å²) >= 11 is 0. The van der Waals surface area contributed by atoms with Crippen molar-refractivity contribution in [1.29, 1.82) is 0 Å². The van der Waals surface area contributed by atoms with Gasteiger partial charge in [-0.3, -0.25) is 14.4 Å². The Morgan fingerprint density at radius 2 is 1.53 bits per heavy atom. The van der Waals surface area contributed by atoms with E-state index >= 15 is 0 Å². The summed E-state index contributed by atoms with van der Waals surface area (Å²) in [7, 11) is 0. The number of imide groups is 1. The van der Waals surface area contributed by atoms with Crippen LogP contribution >= 0.6 is 0 Å². The third kappa shape index (κ3) is 2.76. The molecule has 6 nitrogen and oxygen atoms in total. The molecule has 0 aliphatic carbocycles. The monoisotopic (exact) mass is 400 g/mol. The molecule has 150 valence electrons. The van der Waals surface area contributed by atoms with Crippen LogP contribution in [0.4, 0.5) is 11.4 Å². The molecule has 0 radical (unpaired) electrons. The van der Waals surface area contributed by atoms with Crippen molar-refractivity contribution >= 4 is 23.2 Å². The fourth-order valence-electron chi connectivity index (χ4n) is 4.29. The molecule has 2 heterocycles. The van der Waals surface area contributed by atoms with Gasteiger partial charge in [-0.15, -0.1) is 0 Å². The summed E-state index contributed by atoms with van der Waals surface area (Å²) in [6.45, 7) is 1.91. The van der Waals surface area contributed by atoms with Crippen LogP contribution in [0.15, 0.2) is 78.9 Å². The van der Waals surface area contributed by atoms with Gasteiger partial charge < -0.3 is 5.11 Å². The molecular weight excluding hydrogens is 380 g/mol. The summed E-state index contributed by atoms with van der Waals surface area (Å²) in [4.78, 5) is 34.0. The number of aryl methyl sites for hydroxylation is 1. The van der Waals surface area contributed by atoms with Crippen LogP contribution in [-0.4, -0.2) is 23.0 Å². The molecule has 2 fully saturated rings. The molecule has 2 aliphatic heterocycles. The minimum Gasteiger partial charge on any atom is -0.508 e. The van der Waals surface area contributed by atoms with E-state index in [-0.39, 0.29) is 11.7 Å². The normalized spacial score (nSPS) is 23.2. The maximum Gasteiger partial charge on any atom is 0.266 e. The van der Waals surface area contributed by atoms with Crippen molar-refractivity contribution in [1.82, 2.24) is 0 Å². The van der Waals surface area contributed by atoms with Gasteiger partial charge in [0.05, 0.1) is 17.4 Å². The highest BCUT2D eigenvalue weighted by atomic mass is 16.7. The summed E-state index contributed by atoms with van der Waals surface area (Å²) < 4.78 is 0. The van der Waals surface area contributed by atoms with Gasteiger partial charge in [-0.2, -0.15) is 0 Å². The second kappa shape index (κ2) is 7.00. The van der Waals surface area contributed by atoms with Gasteiger partial charge in [0.15, 0.2) is 6.10 Å². The number of amides is 2. The Kier molecular flexibility index (Phi) is 4.29. The van der Waals surface area contributed by atoms with Gasteiger partial charge >= 0.3 is 0 Å². The van der Waals surface area contributed by atoms with Crippen molar-refractivity contribution in [3.63, 3.8) is 0 Å². The van der Waals surface area contributed by atoms with E-state index in [1.165, 1.54) is 4.90 Å². The van der Waals surface area contributed by atoms with Crippen LogP contribution in [0.2, 0.25) is 0 Å². The van der Waals surface area contributed by atoms with Gasteiger partial charge in [0, 0.05) is 5.56 Å². The fraction of sp³-hybridized carbons (Fsp3) is 0.167. The van der Waals surface area contributed by atoms with Crippen LogP contribution in [0, 0.1) is 12.8 Å². The van der Waals surface area contributed by atoms with E-state index in [0.29, 0.717) is 16.9 Å². The summed E-state index contributed by atoms with van der Waals surface area (Å²) in [5, 5.41) is 12.1. The van der Waals surface area contributed by atoms with Gasteiger partial charge in [0.1, 0.15) is 11.7 Å². The zero-order valence-corrected chi connectivity index (χ0v) is 16.3. The molecule has 0 aromatic heterocycles. The quantitative estimate of drug-likeness (QED) is 0.678. The van der Waals surface area contributed by atoms with Crippen LogP contribution in [0.5, 0.6) is 5.75 Å². The first-order valence-electron chi connectivity index (χ1n) is 9.79. The van der Waals surface area contributed by atoms with Crippen molar-refractivity contribution in [2.24, 2.45) is 5.92 Å². The molecular formula is C24H20N2O4. The zero-order valence-electron chi connectivity index (χ0n) is 16.3. The number of fused-ring (bicyclic) bond motifs is 1. The predicted octanol–water partition coefficient (Wildman–Crippen LogP) is 3.75. The van der Waals surface area contributed by atoms with E-state index in [2.05, 4.69) is 0 Å². The molecule has 6 heteroatoms. The van der Waals surface area contributed by atoms with E-state index in [1.807, 2.05) is 49.4 Å². The minimum atomic E-state index is -0.956. The van der Waals surface area contributed by atoms with E-state index in [9.17, 15) is 14.7 Å². The number of phenolic OH excluding ortho intramolecular Hbond substituents is 1. The number of hydrogen-bond acceptors (Lipinski definition) is 5. The lowest BCUT2D eigenvalue weighted by Crippen LogP contribution is -2.37. The maximum atomic E-state index is 13.5. The molecule has 3 atom stereocenters. The smallest absolute Gasteiger partial charge is 0.266 e. The van der Waals surface area contributed by atoms with Crippen molar-refractivity contribution in [2.75, 3.05) is 9.96 Å². The highest BCUT2D eigenvalue weighted by Crippen LogP contribution is 2.49. The average Bonchev–Trinajstić information content (AvgIpc) is 3.25. The molecule has 2 aliphatic rings. The lowest BCUT2D eigenvalue weighted by molar-refractivity contribution is -0.126. The SMILES string of the molecule is Cc1cccc(N2C(=O)[C@H]3[C@H](ON(c4ccccc4)[C@H]3c3ccccc3O)C2=O)c1. The van der Waals surface area contributed by atoms with Crippen LogP contribution in [0.1, 0.15) is 17.2 Å². The number of carbonyl (C=O) groups is 2. The van der Waals surface area contributed by atoms with Gasteiger partial charge in [-0.1, -0.05) is 48.5 Å². The lowest BCUT2D eigenvalue weighted by atomic mass is 9.90. The van der Waals surface area contributed by atoms with Gasteiger partial charge in [0.2, 0.25) is 5.91 Å². The first-order valence-corrected chi connectivity index (χ1v) is 9.79. The number of carbonyl (C=O) groups excluding carboxylic acids is 2. The van der Waals surface area contributed by atoms with Crippen LogP contribution in [0.3, 0.4) is 0 Å². The number of hydrogen-bond donors (Lipinski definition) is 1. The number of anilines is 2. The van der Waals surface area contributed by atoms with Crippen molar-refractivity contribution in [3.8, 4) is 5.75 Å². The number of para-hydroxylation sites is 2. The summed E-state index contributed by atoms with van der Waals surface area (Å²) in [6.07, 6.45) is -0.956. The zero-order chi connectivity index (χ0) is 20.8. The molecule has 30 heavy (non-hydrogen) atoms. The van der Waals surface area contributed by atoms with Crippen LogP contribution in [0.25, 0.3) is 0 Å². The molecule has 5 rings (SSSR count). The third-order valence-corrected chi connectivity index (χ3v) is 5.64. The summed E-state index contributed by atoms with van der Waals surface area (Å²) in [5.74, 6) is -1.44. The van der Waals surface area contributed by atoms with Gasteiger partial charge in [0.25, 0.3) is 5.91 Å². The molecule has 2 amide bonds. The molecule has 3 aromatic rings. The number of phenols is 1. The Balaban J connectivity index is 1.61. The summed E-state index contributed by atoms with van der Waals surface area (Å²) in [6, 6.07) is 22.8. The molecule has 0 bridgehead atoms. The topological polar surface area (TPSA) is 70.1 Å². The van der Waals surface area contributed by atoms with E-state index in [4.69, 9.17) is 4.84 Å². The summed E-state index contributed by atoms with van der Waals surface area (Å²) in [5.41, 5.74) is 2.74. The predicted molar refractivity (Wildman–Crippen MR) is 112 cm³/mol. The largest absolute Gasteiger partial charge is 0.508 e. The van der Waals surface area contributed by atoms with E-state index in [0.717, 1.165) is 5.56 Å². The van der Waals surface area contributed by atoms with Crippen molar-refractivity contribution < 1.29 is 19.5 Å². The Morgan fingerprint density at radius 1 is 0.833 bits per heavy atom. The number of aromatic hydroxyl groups is 1. The van der Waals surface area contributed by atoms with Crippen LogP contribution < -0.4 is 9.96 Å². The number of benzene rings is 3. The Labute approximate surface area is 173 Å². The third-order valence-electron chi connectivity index (χ3n) is 5.64. The maximum absolute atomic E-state index is 13.5. The van der Waals surface area contributed by atoms with Gasteiger partial charge in [-0.05, 0) is 42.8 Å². The molecule has 0 unspecified atom stereocenters. The molecule has 0 saturated carbocycles. The Hall–Kier alpha value is -3.64. The highest BCUT2D eigenvalue weighted by Gasteiger charge is 2.60. The average molecular weight is 400 g/mol. The first kappa shape index (κ1) is 18.4. The second-order valence-corrected chi connectivity index (χ2v) is 7.57. The Bertz CT molecular complexity index is 1130. The molecule has 0 spiro atoms. The minimum absolute atomic E-state index is 0.0573. The van der Waals surface area contributed by atoms with Crippen molar-refractivity contribution in [3.05, 3.63) is 90.0 Å². The standard InChI is InChI=1S/C24H20N2O4/c1-15-8-7-11-17(14-15)25-23(28)20-21(18-12-5-6-13-19(18)27)26(30-22(20)24(25)29)16-9-3-2-4-10-16/h2-14,20-22,27H,1H3/t20-,21+,22+/m1/s1. The van der Waals surface area contributed by atoms with Crippen LogP contribution in [-0.2, 0) is 14.4 Å². The highest BCUT2D eigenvalue weighted by molar-refractivity contribution is 6.24. The number of hydroxylamine groups is 1. The number of rotatable bonds is 3. The molecule has 2 saturated heterocycles. The van der Waals surface area contributed by atoms with E-state index in [1.54, 1.807) is 41.5 Å². The lowest BCUT2D eigenvalue weighted by Gasteiger charge is -2.29. The molecule has 1 N–H and O–H groups in total.